The maximum atomic E-state index is 12.0. The average Bonchev–Trinajstić information content (AvgIpc) is 2.60. The molecule has 0 aliphatic carbocycles. The zero-order chi connectivity index (χ0) is 20.4. The van der Waals surface area contributed by atoms with E-state index in [0.717, 1.165) is 5.30 Å². The third-order valence-electron chi connectivity index (χ3n) is 3.97. The van der Waals surface area contributed by atoms with Crippen LogP contribution in [0.2, 0.25) is 0 Å². The number of methoxy groups -OCH3 is 3. The fraction of sp³-hybridized carbons (Fsp3) is 0.368. The van der Waals surface area contributed by atoms with Gasteiger partial charge in [0.1, 0.15) is 22.1 Å². The van der Waals surface area contributed by atoms with E-state index in [1.165, 1.54) is 6.07 Å². The molecule has 27 heavy (non-hydrogen) atoms. The molecular formula is C19H25O6PS. The molecule has 0 aliphatic heterocycles. The molecule has 0 saturated carbocycles. The second kappa shape index (κ2) is 8.05. The lowest BCUT2D eigenvalue weighted by atomic mass is 10.2. The van der Waals surface area contributed by atoms with Crippen LogP contribution in [0.15, 0.2) is 41.3 Å². The average molecular weight is 412 g/mol. The molecule has 2 aromatic rings. The molecule has 2 aromatic carbocycles. The second-order valence-corrected chi connectivity index (χ2v) is 11.2. The zero-order valence-electron chi connectivity index (χ0n) is 16.3. The lowest BCUT2D eigenvalue weighted by molar-refractivity contribution is 0.380. The van der Waals surface area contributed by atoms with Gasteiger partial charge in [-0.15, -0.1) is 0 Å². The van der Waals surface area contributed by atoms with Gasteiger partial charge in [-0.1, -0.05) is 39.0 Å². The molecule has 0 fully saturated rings. The smallest absolute Gasteiger partial charge is 0.295 e. The first-order valence-corrected chi connectivity index (χ1v) is 11.0. The molecule has 1 unspecified atom stereocenters. The fourth-order valence-corrected chi connectivity index (χ4v) is 7.00. The van der Waals surface area contributed by atoms with Crippen LogP contribution in [0.4, 0.5) is 0 Å². The minimum Gasteiger partial charge on any atom is -0.496 e. The Morgan fingerprint density at radius 1 is 0.926 bits per heavy atom. The van der Waals surface area contributed by atoms with Crippen LogP contribution in [0.3, 0.4) is 0 Å². The van der Waals surface area contributed by atoms with E-state index in [1.54, 1.807) is 51.7 Å². The molecule has 0 spiro atoms. The topological polar surface area (TPSA) is 82.1 Å². The molecule has 0 radical (unpaired) electrons. The van der Waals surface area contributed by atoms with Crippen LogP contribution in [0.1, 0.15) is 20.8 Å². The number of hydrogen-bond acceptors (Lipinski definition) is 5. The summed E-state index contributed by atoms with van der Waals surface area (Å²) in [6.07, 6.45) is 0. The largest absolute Gasteiger partial charge is 0.496 e. The highest BCUT2D eigenvalue weighted by Gasteiger charge is 2.36. The van der Waals surface area contributed by atoms with Crippen LogP contribution in [0.5, 0.6) is 17.2 Å². The van der Waals surface area contributed by atoms with E-state index in [2.05, 4.69) is 0 Å². The number of rotatable bonds is 6. The Hall–Kier alpha value is -1.82. The van der Waals surface area contributed by atoms with E-state index in [4.69, 9.17) is 14.2 Å². The third kappa shape index (κ3) is 4.54. The predicted octanol–water partition coefficient (Wildman–Crippen LogP) is 3.19. The van der Waals surface area contributed by atoms with Gasteiger partial charge < -0.3 is 14.2 Å². The number of ether oxygens (including phenoxy) is 3. The Balaban J connectivity index is 2.91. The van der Waals surface area contributed by atoms with Crippen molar-refractivity contribution in [2.75, 3.05) is 21.3 Å². The first kappa shape index (κ1) is 21.5. The molecule has 0 saturated heterocycles. The van der Waals surface area contributed by atoms with Crippen molar-refractivity contribution in [2.24, 2.45) is 0 Å². The van der Waals surface area contributed by atoms with Crippen molar-refractivity contribution in [1.82, 2.24) is 0 Å². The molecule has 6 nitrogen and oxygen atoms in total. The van der Waals surface area contributed by atoms with Crippen molar-refractivity contribution >= 4 is 28.6 Å². The van der Waals surface area contributed by atoms with Gasteiger partial charge in [0.15, 0.2) is 0 Å². The van der Waals surface area contributed by atoms with Gasteiger partial charge in [-0.3, -0.25) is 4.55 Å². The maximum Gasteiger partial charge on any atom is 0.295 e. The zero-order valence-corrected chi connectivity index (χ0v) is 18.0. The van der Waals surface area contributed by atoms with Crippen molar-refractivity contribution in [1.29, 1.82) is 0 Å². The van der Waals surface area contributed by atoms with E-state index in [9.17, 15) is 13.0 Å². The highest BCUT2D eigenvalue weighted by Crippen LogP contribution is 2.53. The Morgan fingerprint density at radius 2 is 1.44 bits per heavy atom. The van der Waals surface area contributed by atoms with Crippen molar-refractivity contribution in [3.05, 3.63) is 36.4 Å². The van der Waals surface area contributed by atoms with Crippen LogP contribution in [0.25, 0.3) is 0 Å². The van der Waals surface area contributed by atoms with Crippen LogP contribution < -0.4 is 24.8 Å². The maximum absolute atomic E-state index is 12.0. The summed E-state index contributed by atoms with van der Waals surface area (Å²) >= 11 is 0. The Kier molecular flexibility index (Phi) is 6.40. The lowest BCUT2D eigenvalue weighted by Crippen LogP contribution is -2.30. The SMILES string of the molecule is COc1cc(OC)c(P(c2ccccc2S(=O)(=O)O)C(C)(C)C)c(OC)c1. The Bertz CT molecular complexity index is 893. The fourth-order valence-electron chi connectivity index (χ4n) is 2.88. The summed E-state index contributed by atoms with van der Waals surface area (Å²) in [5.41, 5.74) is 0. The van der Waals surface area contributed by atoms with Gasteiger partial charge in [0.25, 0.3) is 10.1 Å². The molecule has 0 bridgehead atoms. The van der Waals surface area contributed by atoms with Crippen molar-refractivity contribution in [3.63, 3.8) is 0 Å². The van der Waals surface area contributed by atoms with Gasteiger partial charge in [-0.25, -0.2) is 0 Å². The van der Waals surface area contributed by atoms with E-state index < -0.39 is 18.0 Å². The van der Waals surface area contributed by atoms with Crippen molar-refractivity contribution < 1.29 is 27.2 Å². The molecule has 0 aromatic heterocycles. The molecule has 0 aliphatic rings. The summed E-state index contributed by atoms with van der Waals surface area (Å²) in [5.74, 6) is 1.65. The summed E-state index contributed by atoms with van der Waals surface area (Å²) in [7, 11) is -1.04. The normalized spacial score (nSPS) is 13.1. The van der Waals surface area contributed by atoms with Crippen LogP contribution in [0, 0.1) is 0 Å². The van der Waals surface area contributed by atoms with E-state index in [-0.39, 0.29) is 10.1 Å². The Labute approximate surface area is 162 Å². The molecule has 1 atom stereocenters. The highest BCUT2D eigenvalue weighted by atomic mass is 32.2. The van der Waals surface area contributed by atoms with Crippen LogP contribution in [-0.4, -0.2) is 39.5 Å². The molecule has 148 valence electrons. The first-order chi connectivity index (χ1) is 12.5. The van der Waals surface area contributed by atoms with Gasteiger partial charge in [-0.05, 0) is 19.1 Å². The summed E-state index contributed by atoms with van der Waals surface area (Å²) in [6.45, 7) is 6.05. The third-order valence-corrected chi connectivity index (χ3v) is 8.13. The molecule has 0 heterocycles. The molecular weight excluding hydrogens is 387 g/mol. The lowest BCUT2D eigenvalue weighted by Gasteiger charge is -2.34. The molecule has 8 heteroatoms. The van der Waals surface area contributed by atoms with Gasteiger partial charge in [0.2, 0.25) is 0 Å². The summed E-state index contributed by atoms with van der Waals surface area (Å²) in [5, 5.41) is 0.925. The number of hydrogen-bond donors (Lipinski definition) is 1. The Morgan fingerprint density at radius 3 is 1.85 bits per heavy atom. The number of benzene rings is 2. The minimum absolute atomic E-state index is 0.106. The highest BCUT2D eigenvalue weighted by molar-refractivity contribution is 7.87. The quantitative estimate of drug-likeness (QED) is 0.580. The molecule has 0 amide bonds. The minimum atomic E-state index is -4.39. The second-order valence-electron chi connectivity index (χ2n) is 6.83. The first-order valence-electron chi connectivity index (χ1n) is 8.21. The standard InChI is InChI=1S/C19H25O6PS/c1-19(2,3)26(16-9-7-8-10-17(16)27(20,21)22)18-14(24-5)11-13(23-4)12-15(18)25-6/h7-12H,1-6H3,(H,20,21,22). The van der Waals surface area contributed by atoms with Gasteiger partial charge in [-0.2, -0.15) is 8.42 Å². The van der Waals surface area contributed by atoms with Crippen molar-refractivity contribution in [2.45, 2.75) is 30.8 Å². The van der Waals surface area contributed by atoms with E-state index in [1.807, 2.05) is 20.8 Å². The van der Waals surface area contributed by atoms with Gasteiger partial charge >= 0.3 is 0 Å². The molecule has 2 rings (SSSR count). The van der Waals surface area contributed by atoms with Gasteiger partial charge in [0, 0.05) is 17.4 Å². The van der Waals surface area contributed by atoms with E-state index in [0.29, 0.717) is 22.6 Å². The summed E-state index contributed by atoms with van der Waals surface area (Å²) < 4.78 is 50.3. The van der Waals surface area contributed by atoms with Crippen LogP contribution in [-0.2, 0) is 10.1 Å². The summed E-state index contributed by atoms with van der Waals surface area (Å²) in [4.78, 5) is -0.106. The monoisotopic (exact) mass is 412 g/mol. The van der Waals surface area contributed by atoms with E-state index >= 15 is 0 Å². The van der Waals surface area contributed by atoms with Gasteiger partial charge in [0.05, 0.1) is 26.6 Å². The van der Waals surface area contributed by atoms with Crippen LogP contribution >= 0.6 is 7.92 Å². The summed E-state index contributed by atoms with van der Waals surface area (Å²) in [6, 6.07) is 9.97. The van der Waals surface area contributed by atoms with Crippen molar-refractivity contribution in [3.8, 4) is 17.2 Å². The predicted molar refractivity (Wildman–Crippen MR) is 108 cm³/mol. The molecule has 1 N–H and O–H groups in total.